The lowest BCUT2D eigenvalue weighted by molar-refractivity contribution is -0.0533. The predicted octanol–water partition coefficient (Wildman–Crippen LogP) is 4.90. The van der Waals surface area contributed by atoms with Crippen molar-refractivity contribution in [2.24, 2.45) is 0 Å². The van der Waals surface area contributed by atoms with E-state index in [2.05, 4.69) is 90.2 Å². The zero-order valence-electron chi connectivity index (χ0n) is 15.0. The van der Waals surface area contributed by atoms with Crippen LogP contribution in [0.1, 0.15) is 29.5 Å². The van der Waals surface area contributed by atoms with Crippen LogP contribution in [0.15, 0.2) is 91.0 Å². The van der Waals surface area contributed by atoms with Crippen LogP contribution in [0.3, 0.4) is 0 Å². The Morgan fingerprint density at radius 2 is 1.31 bits per heavy atom. The SMILES string of the molecule is c1ccc(COC(c2ccccc2)(c2ccccc2)C2CCCN2)cc1. The molecule has 0 aliphatic carbocycles. The molecule has 1 N–H and O–H groups in total. The topological polar surface area (TPSA) is 21.3 Å². The van der Waals surface area contributed by atoms with Crippen LogP contribution in [0.2, 0.25) is 0 Å². The summed E-state index contributed by atoms with van der Waals surface area (Å²) in [6.45, 7) is 1.63. The van der Waals surface area contributed by atoms with E-state index in [-0.39, 0.29) is 6.04 Å². The molecule has 0 bridgehead atoms. The highest BCUT2D eigenvalue weighted by Gasteiger charge is 2.44. The van der Waals surface area contributed by atoms with E-state index < -0.39 is 5.60 Å². The van der Waals surface area contributed by atoms with Crippen molar-refractivity contribution in [2.75, 3.05) is 6.54 Å². The predicted molar refractivity (Wildman–Crippen MR) is 106 cm³/mol. The zero-order valence-corrected chi connectivity index (χ0v) is 15.0. The summed E-state index contributed by atoms with van der Waals surface area (Å²) in [4.78, 5) is 0. The van der Waals surface area contributed by atoms with Gasteiger partial charge in [-0.3, -0.25) is 0 Å². The summed E-state index contributed by atoms with van der Waals surface area (Å²) in [5.41, 5.74) is 3.12. The molecule has 0 aromatic heterocycles. The molecule has 2 heteroatoms. The van der Waals surface area contributed by atoms with Gasteiger partial charge in [-0.2, -0.15) is 0 Å². The van der Waals surface area contributed by atoms with Crippen molar-refractivity contribution in [2.45, 2.75) is 31.1 Å². The van der Waals surface area contributed by atoms with Crippen molar-refractivity contribution in [1.29, 1.82) is 0 Å². The molecular formula is C24H25NO. The summed E-state index contributed by atoms with van der Waals surface area (Å²) in [5, 5.41) is 3.71. The minimum absolute atomic E-state index is 0.260. The minimum Gasteiger partial charge on any atom is -0.359 e. The molecule has 3 aromatic carbocycles. The van der Waals surface area contributed by atoms with Gasteiger partial charge < -0.3 is 10.1 Å². The minimum atomic E-state index is -0.491. The molecule has 132 valence electrons. The first kappa shape index (κ1) is 17.0. The van der Waals surface area contributed by atoms with Crippen molar-refractivity contribution in [3.05, 3.63) is 108 Å². The van der Waals surface area contributed by atoms with Crippen LogP contribution in [0, 0.1) is 0 Å². The van der Waals surface area contributed by atoms with E-state index in [4.69, 9.17) is 4.74 Å². The number of ether oxygens (including phenoxy) is 1. The fourth-order valence-electron chi connectivity index (χ4n) is 4.01. The second kappa shape index (κ2) is 7.86. The van der Waals surface area contributed by atoms with Crippen LogP contribution in [-0.4, -0.2) is 12.6 Å². The zero-order chi connectivity index (χ0) is 17.7. The third-order valence-electron chi connectivity index (χ3n) is 5.27. The van der Waals surface area contributed by atoms with Crippen LogP contribution < -0.4 is 5.32 Å². The van der Waals surface area contributed by atoms with Gasteiger partial charge in [0.1, 0.15) is 5.60 Å². The molecule has 1 aliphatic heterocycles. The van der Waals surface area contributed by atoms with Gasteiger partial charge >= 0.3 is 0 Å². The van der Waals surface area contributed by atoms with Gasteiger partial charge in [-0.15, -0.1) is 0 Å². The highest BCUT2D eigenvalue weighted by molar-refractivity contribution is 5.39. The lowest BCUT2D eigenvalue weighted by Gasteiger charge is -2.40. The smallest absolute Gasteiger partial charge is 0.134 e. The first-order chi connectivity index (χ1) is 12.9. The Balaban J connectivity index is 1.80. The van der Waals surface area contributed by atoms with Gasteiger partial charge in [0.2, 0.25) is 0 Å². The Morgan fingerprint density at radius 1 is 0.769 bits per heavy atom. The van der Waals surface area contributed by atoms with E-state index in [1.54, 1.807) is 0 Å². The highest BCUT2D eigenvalue weighted by atomic mass is 16.5. The summed E-state index contributed by atoms with van der Waals surface area (Å²) in [7, 11) is 0. The second-order valence-corrected chi connectivity index (χ2v) is 6.89. The van der Waals surface area contributed by atoms with Crippen LogP contribution in [0.5, 0.6) is 0 Å². The van der Waals surface area contributed by atoms with Crippen LogP contribution in [-0.2, 0) is 16.9 Å². The molecule has 0 radical (unpaired) electrons. The van der Waals surface area contributed by atoms with Crippen LogP contribution >= 0.6 is 0 Å². The molecule has 1 aliphatic rings. The molecule has 1 atom stereocenters. The molecule has 26 heavy (non-hydrogen) atoms. The summed E-state index contributed by atoms with van der Waals surface area (Å²) in [6, 6.07) is 32.0. The molecule has 0 amide bonds. The fourth-order valence-corrected chi connectivity index (χ4v) is 4.01. The second-order valence-electron chi connectivity index (χ2n) is 6.89. The normalized spacial score (nSPS) is 17.3. The molecular weight excluding hydrogens is 318 g/mol. The molecule has 1 heterocycles. The summed E-state index contributed by atoms with van der Waals surface area (Å²) in [5.74, 6) is 0. The largest absolute Gasteiger partial charge is 0.359 e. The average molecular weight is 343 g/mol. The number of hydrogen-bond acceptors (Lipinski definition) is 2. The molecule has 4 rings (SSSR count). The van der Waals surface area contributed by atoms with Gasteiger partial charge in [-0.1, -0.05) is 91.0 Å². The fraction of sp³-hybridized carbons (Fsp3) is 0.250. The van der Waals surface area contributed by atoms with Crippen molar-refractivity contribution in [1.82, 2.24) is 5.32 Å². The standard InChI is InChI=1S/C24H25NO/c1-4-11-20(12-5-1)19-26-24(23-17-10-18-25-23,21-13-6-2-7-14-21)22-15-8-3-9-16-22/h1-9,11-16,23,25H,10,17-19H2. The third-order valence-corrected chi connectivity index (χ3v) is 5.27. The van der Waals surface area contributed by atoms with Gasteiger partial charge in [0, 0.05) is 6.04 Å². The van der Waals surface area contributed by atoms with E-state index in [0.717, 1.165) is 13.0 Å². The van der Waals surface area contributed by atoms with Gasteiger partial charge in [0.05, 0.1) is 6.61 Å². The third kappa shape index (κ3) is 3.31. The molecule has 1 unspecified atom stereocenters. The summed E-state index contributed by atoms with van der Waals surface area (Å²) < 4.78 is 6.81. The number of rotatable bonds is 6. The maximum Gasteiger partial charge on any atom is 0.134 e. The maximum absolute atomic E-state index is 6.81. The number of hydrogen-bond donors (Lipinski definition) is 1. The molecule has 1 fully saturated rings. The molecule has 3 aromatic rings. The van der Waals surface area contributed by atoms with E-state index in [1.807, 2.05) is 6.07 Å². The Hall–Kier alpha value is -2.42. The molecule has 1 saturated heterocycles. The highest BCUT2D eigenvalue weighted by Crippen LogP contribution is 2.40. The van der Waals surface area contributed by atoms with Crippen molar-refractivity contribution >= 4 is 0 Å². The van der Waals surface area contributed by atoms with Gasteiger partial charge in [-0.25, -0.2) is 0 Å². The van der Waals surface area contributed by atoms with Crippen molar-refractivity contribution < 1.29 is 4.74 Å². The Kier molecular flexibility index (Phi) is 5.14. The van der Waals surface area contributed by atoms with E-state index in [0.29, 0.717) is 6.61 Å². The summed E-state index contributed by atoms with van der Waals surface area (Å²) in [6.07, 6.45) is 2.29. The first-order valence-corrected chi connectivity index (χ1v) is 9.42. The Morgan fingerprint density at radius 3 is 1.81 bits per heavy atom. The van der Waals surface area contributed by atoms with Gasteiger partial charge in [-0.05, 0) is 36.1 Å². The van der Waals surface area contributed by atoms with Crippen LogP contribution in [0.4, 0.5) is 0 Å². The van der Waals surface area contributed by atoms with E-state index in [9.17, 15) is 0 Å². The lowest BCUT2D eigenvalue weighted by atomic mass is 9.79. The Labute approximate surface area is 155 Å². The molecule has 0 saturated carbocycles. The van der Waals surface area contributed by atoms with Gasteiger partial charge in [0.15, 0.2) is 0 Å². The summed E-state index contributed by atoms with van der Waals surface area (Å²) >= 11 is 0. The average Bonchev–Trinajstić information content (AvgIpc) is 3.26. The quantitative estimate of drug-likeness (QED) is 0.687. The van der Waals surface area contributed by atoms with Crippen molar-refractivity contribution in [3.8, 4) is 0 Å². The van der Waals surface area contributed by atoms with E-state index >= 15 is 0 Å². The van der Waals surface area contributed by atoms with Crippen LogP contribution in [0.25, 0.3) is 0 Å². The monoisotopic (exact) mass is 343 g/mol. The van der Waals surface area contributed by atoms with Crippen molar-refractivity contribution in [3.63, 3.8) is 0 Å². The first-order valence-electron chi connectivity index (χ1n) is 9.42. The lowest BCUT2D eigenvalue weighted by Crippen LogP contribution is -2.48. The maximum atomic E-state index is 6.81. The number of nitrogens with one attached hydrogen (secondary N) is 1. The molecule has 2 nitrogen and oxygen atoms in total. The van der Waals surface area contributed by atoms with E-state index in [1.165, 1.54) is 23.1 Å². The Bertz CT molecular complexity index is 756. The number of benzene rings is 3. The van der Waals surface area contributed by atoms with Gasteiger partial charge in [0.25, 0.3) is 0 Å². The molecule has 0 spiro atoms.